The molecule has 1 aromatic heterocycles. The Bertz CT molecular complexity index is 584. The molecule has 0 saturated carbocycles. The van der Waals surface area contributed by atoms with Crippen molar-refractivity contribution in [2.75, 3.05) is 11.4 Å². The number of aromatic nitrogens is 1. The molecule has 4 heteroatoms. The summed E-state index contributed by atoms with van der Waals surface area (Å²) >= 11 is 7.11. The van der Waals surface area contributed by atoms with E-state index in [2.05, 4.69) is 79.0 Å². The van der Waals surface area contributed by atoms with E-state index in [4.69, 9.17) is 0 Å². The lowest BCUT2D eigenvalue weighted by molar-refractivity contribution is 0.802. The highest BCUT2D eigenvalue weighted by molar-refractivity contribution is 9.10. The molecule has 0 atom stereocenters. The predicted octanol–water partition coefficient (Wildman–Crippen LogP) is 5.07. The molecule has 0 fully saturated rings. The Morgan fingerprint density at radius 2 is 2.00 bits per heavy atom. The fourth-order valence-electron chi connectivity index (χ4n) is 2.22. The number of rotatable bonds is 5. The van der Waals surface area contributed by atoms with Crippen molar-refractivity contribution in [1.29, 1.82) is 0 Å². The fourth-order valence-corrected chi connectivity index (χ4v) is 3.08. The molecule has 2 rings (SSSR count). The lowest BCUT2D eigenvalue weighted by Gasteiger charge is -2.25. The first-order chi connectivity index (χ1) is 9.63. The van der Waals surface area contributed by atoms with Crippen LogP contribution in [0.25, 0.3) is 0 Å². The van der Waals surface area contributed by atoms with Crippen LogP contribution in [-0.2, 0) is 11.9 Å². The molecule has 0 aliphatic carbocycles. The SMILES string of the molecule is CCN(Cc1cccc(C)n1)c1ccc(Br)cc1CBr. The molecule has 0 radical (unpaired) electrons. The van der Waals surface area contributed by atoms with Gasteiger partial charge in [0.15, 0.2) is 0 Å². The Balaban J connectivity index is 2.28. The van der Waals surface area contributed by atoms with Crippen LogP contribution in [0.4, 0.5) is 5.69 Å². The molecule has 0 spiro atoms. The zero-order chi connectivity index (χ0) is 14.5. The minimum absolute atomic E-state index is 0.833. The molecule has 0 aliphatic heterocycles. The van der Waals surface area contributed by atoms with Gasteiger partial charge in [-0.15, -0.1) is 0 Å². The molecule has 0 unspecified atom stereocenters. The van der Waals surface area contributed by atoms with Gasteiger partial charge < -0.3 is 4.90 Å². The maximum Gasteiger partial charge on any atom is 0.0602 e. The Hall–Kier alpha value is -0.870. The van der Waals surface area contributed by atoms with Crippen molar-refractivity contribution in [3.05, 3.63) is 57.8 Å². The van der Waals surface area contributed by atoms with Crippen LogP contribution in [-0.4, -0.2) is 11.5 Å². The second kappa shape index (κ2) is 7.23. The standard InChI is InChI=1S/C16H18Br2N2/c1-3-20(11-15-6-4-5-12(2)19-15)16-8-7-14(18)9-13(16)10-17/h4-9H,3,10-11H2,1-2H3. The van der Waals surface area contributed by atoms with Gasteiger partial charge in [0.25, 0.3) is 0 Å². The fraction of sp³-hybridized carbons (Fsp3) is 0.312. The van der Waals surface area contributed by atoms with Crippen LogP contribution in [0.2, 0.25) is 0 Å². The van der Waals surface area contributed by atoms with Gasteiger partial charge in [-0.2, -0.15) is 0 Å². The minimum atomic E-state index is 0.833. The summed E-state index contributed by atoms with van der Waals surface area (Å²) in [6.07, 6.45) is 0. The van der Waals surface area contributed by atoms with Gasteiger partial charge in [0.1, 0.15) is 0 Å². The number of benzene rings is 1. The molecule has 106 valence electrons. The average molecular weight is 398 g/mol. The number of hydrogen-bond acceptors (Lipinski definition) is 2. The van der Waals surface area contributed by atoms with E-state index >= 15 is 0 Å². The summed E-state index contributed by atoms with van der Waals surface area (Å²) in [4.78, 5) is 6.95. The minimum Gasteiger partial charge on any atom is -0.366 e. The normalized spacial score (nSPS) is 10.6. The molecule has 2 aromatic rings. The number of alkyl halides is 1. The van der Waals surface area contributed by atoms with Gasteiger partial charge in [0.2, 0.25) is 0 Å². The largest absolute Gasteiger partial charge is 0.366 e. The third-order valence-electron chi connectivity index (χ3n) is 3.21. The van der Waals surface area contributed by atoms with Gasteiger partial charge in [-0.3, -0.25) is 4.98 Å². The molecule has 20 heavy (non-hydrogen) atoms. The number of pyridine rings is 1. The summed E-state index contributed by atoms with van der Waals surface area (Å²) in [5.41, 5.74) is 4.72. The smallest absolute Gasteiger partial charge is 0.0602 e. The molecule has 0 saturated heterocycles. The summed E-state index contributed by atoms with van der Waals surface area (Å²) in [7, 11) is 0. The van der Waals surface area contributed by atoms with Crippen molar-refractivity contribution in [3.63, 3.8) is 0 Å². The first-order valence-electron chi connectivity index (χ1n) is 6.66. The topological polar surface area (TPSA) is 16.1 Å². The van der Waals surface area contributed by atoms with Gasteiger partial charge in [0, 0.05) is 27.7 Å². The van der Waals surface area contributed by atoms with E-state index in [1.54, 1.807) is 0 Å². The lowest BCUT2D eigenvalue weighted by atomic mass is 10.1. The van der Waals surface area contributed by atoms with E-state index in [0.29, 0.717) is 0 Å². The van der Waals surface area contributed by atoms with Crippen molar-refractivity contribution in [2.24, 2.45) is 0 Å². The number of aryl methyl sites for hydroxylation is 1. The van der Waals surface area contributed by atoms with Gasteiger partial charge in [-0.1, -0.05) is 37.9 Å². The van der Waals surface area contributed by atoms with Crippen molar-refractivity contribution in [3.8, 4) is 0 Å². The molecule has 0 amide bonds. The summed E-state index contributed by atoms with van der Waals surface area (Å²) in [5.74, 6) is 0. The lowest BCUT2D eigenvalue weighted by Crippen LogP contribution is -2.23. The number of anilines is 1. The van der Waals surface area contributed by atoms with Crippen LogP contribution in [0.5, 0.6) is 0 Å². The maximum absolute atomic E-state index is 4.60. The van der Waals surface area contributed by atoms with Crippen LogP contribution >= 0.6 is 31.9 Å². The molecular weight excluding hydrogens is 380 g/mol. The second-order valence-electron chi connectivity index (χ2n) is 4.69. The monoisotopic (exact) mass is 396 g/mol. The molecule has 0 N–H and O–H groups in total. The first-order valence-corrected chi connectivity index (χ1v) is 8.57. The van der Waals surface area contributed by atoms with Crippen LogP contribution in [0.3, 0.4) is 0 Å². The van der Waals surface area contributed by atoms with Crippen molar-refractivity contribution < 1.29 is 0 Å². The van der Waals surface area contributed by atoms with Crippen molar-refractivity contribution >= 4 is 37.5 Å². The predicted molar refractivity (Wildman–Crippen MR) is 92.5 cm³/mol. The van der Waals surface area contributed by atoms with Crippen molar-refractivity contribution in [1.82, 2.24) is 4.98 Å². The van der Waals surface area contributed by atoms with Crippen LogP contribution in [0, 0.1) is 6.92 Å². The third kappa shape index (κ3) is 3.83. The Morgan fingerprint density at radius 3 is 2.65 bits per heavy atom. The highest BCUT2D eigenvalue weighted by Crippen LogP contribution is 2.27. The highest BCUT2D eigenvalue weighted by atomic mass is 79.9. The van der Waals surface area contributed by atoms with E-state index in [-0.39, 0.29) is 0 Å². The van der Waals surface area contributed by atoms with E-state index in [1.807, 2.05) is 13.0 Å². The highest BCUT2D eigenvalue weighted by Gasteiger charge is 2.11. The quantitative estimate of drug-likeness (QED) is 0.654. The molecular formula is C16H18Br2N2. The molecule has 1 heterocycles. The summed E-state index contributed by atoms with van der Waals surface area (Å²) in [6.45, 7) is 6.00. The molecule has 2 nitrogen and oxygen atoms in total. The van der Waals surface area contributed by atoms with Gasteiger partial charge >= 0.3 is 0 Å². The maximum atomic E-state index is 4.60. The number of halogens is 2. The van der Waals surface area contributed by atoms with E-state index in [9.17, 15) is 0 Å². The van der Waals surface area contributed by atoms with E-state index in [0.717, 1.165) is 34.3 Å². The summed E-state index contributed by atoms with van der Waals surface area (Å²) < 4.78 is 1.11. The molecule has 1 aromatic carbocycles. The van der Waals surface area contributed by atoms with Gasteiger partial charge in [0.05, 0.1) is 12.2 Å². The molecule has 0 bridgehead atoms. The summed E-state index contributed by atoms with van der Waals surface area (Å²) in [5, 5.41) is 0.847. The zero-order valence-corrected chi connectivity index (χ0v) is 14.9. The Morgan fingerprint density at radius 1 is 1.20 bits per heavy atom. The van der Waals surface area contributed by atoms with E-state index in [1.165, 1.54) is 11.3 Å². The first kappa shape index (κ1) is 15.5. The van der Waals surface area contributed by atoms with Crippen LogP contribution < -0.4 is 4.90 Å². The number of nitrogens with zero attached hydrogens (tertiary/aromatic N) is 2. The van der Waals surface area contributed by atoms with E-state index < -0.39 is 0 Å². The molecule has 0 aliphatic rings. The Labute approximate surface area is 137 Å². The Kier molecular flexibility index (Phi) is 5.61. The van der Waals surface area contributed by atoms with Gasteiger partial charge in [-0.05, 0) is 49.7 Å². The third-order valence-corrected chi connectivity index (χ3v) is 4.30. The van der Waals surface area contributed by atoms with Crippen molar-refractivity contribution in [2.45, 2.75) is 25.7 Å². The average Bonchev–Trinajstić information content (AvgIpc) is 2.45. The van der Waals surface area contributed by atoms with Crippen LogP contribution in [0.15, 0.2) is 40.9 Å². The van der Waals surface area contributed by atoms with Gasteiger partial charge in [-0.25, -0.2) is 0 Å². The zero-order valence-electron chi connectivity index (χ0n) is 11.7. The van der Waals surface area contributed by atoms with Crippen LogP contribution in [0.1, 0.15) is 23.9 Å². The second-order valence-corrected chi connectivity index (χ2v) is 6.17. The summed E-state index contributed by atoms with van der Waals surface area (Å²) in [6, 6.07) is 12.6. The number of hydrogen-bond donors (Lipinski definition) is 0.